The Morgan fingerprint density at radius 2 is 2.42 bits per heavy atom. The smallest absolute Gasteiger partial charge is 0.283 e. The number of aromatic nitrogens is 3. The molecule has 2 rings (SSSR count). The summed E-state index contributed by atoms with van der Waals surface area (Å²) < 4.78 is 1.81. The molecule has 2 aromatic rings. The summed E-state index contributed by atoms with van der Waals surface area (Å²) in [5.74, 6) is 0. The van der Waals surface area contributed by atoms with Gasteiger partial charge in [-0.2, -0.15) is 5.10 Å². The van der Waals surface area contributed by atoms with Crippen molar-refractivity contribution in [2.75, 3.05) is 5.32 Å². The van der Waals surface area contributed by atoms with E-state index in [0.29, 0.717) is 23.2 Å². The lowest BCUT2D eigenvalue weighted by Gasteiger charge is -2.08. The minimum atomic E-state index is -0.180. The first-order valence-corrected chi connectivity index (χ1v) is 7.30. The Morgan fingerprint density at radius 3 is 3.05 bits per heavy atom. The molecular formula is C12H13BrN4OS. The summed E-state index contributed by atoms with van der Waals surface area (Å²) in [6, 6.07) is 0. The molecule has 100 valence electrons. The maximum absolute atomic E-state index is 11.9. The van der Waals surface area contributed by atoms with Gasteiger partial charge >= 0.3 is 0 Å². The summed E-state index contributed by atoms with van der Waals surface area (Å²) in [5.41, 5.74) is 1.48. The van der Waals surface area contributed by atoms with E-state index in [1.54, 1.807) is 23.6 Å². The second-order valence-corrected chi connectivity index (χ2v) is 5.62. The molecule has 0 aliphatic heterocycles. The molecule has 0 saturated carbocycles. The van der Waals surface area contributed by atoms with Crippen molar-refractivity contribution < 1.29 is 0 Å². The zero-order chi connectivity index (χ0) is 13.8. The van der Waals surface area contributed by atoms with Crippen LogP contribution in [0, 0.1) is 6.92 Å². The highest BCUT2D eigenvalue weighted by atomic mass is 79.9. The van der Waals surface area contributed by atoms with E-state index in [1.165, 1.54) is 4.68 Å². The van der Waals surface area contributed by atoms with Gasteiger partial charge in [-0.1, -0.05) is 6.08 Å². The third kappa shape index (κ3) is 3.30. The molecule has 2 aromatic heterocycles. The number of halogens is 1. The number of rotatable bonds is 5. The van der Waals surface area contributed by atoms with Crippen molar-refractivity contribution >= 4 is 33.0 Å². The minimum Gasteiger partial charge on any atom is -0.376 e. The first kappa shape index (κ1) is 14.0. The van der Waals surface area contributed by atoms with E-state index in [2.05, 4.69) is 37.9 Å². The average Bonchev–Trinajstić information content (AvgIpc) is 2.80. The van der Waals surface area contributed by atoms with Crippen LogP contribution in [0.4, 0.5) is 5.69 Å². The monoisotopic (exact) mass is 340 g/mol. The van der Waals surface area contributed by atoms with Crippen molar-refractivity contribution in [3.8, 4) is 0 Å². The molecule has 0 aliphatic carbocycles. The van der Waals surface area contributed by atoms with Crippen molar-refractivity contribution in [2.45, 2.75) is 20.0 Å². The van der Waals surface area contributed by atoms with Crippen molar-refractivity contribution in [1.82, 2.24) is 14.8 Å². The number of thiazole rings is 1. The van der Waals surface area contributed by atoms with Gasteiger partial charge in [-0.05, 0) is 22.9 Å². The maximum Gasteiger partial charge on any atom is 0.283 e. The fraction of sp³-hybridized carbons (Fsp3) is 0.250. The largest absolute Gasteiger partial charge is 0.376 e. The number of hydrogen-bond donors (Lipinski definition) is 1. The number of allylic oxidation sites excluding steroid dienone is 1. The van der Waals surface area contributed by atoms with E-state index < -0.39 is 0 Å². The molecule has 0 amide bonds. The second kappa shape index (κ2) is 6.12. The molecule has 5 nitrogen and oxygen atoms in total. The van der Waals surface area contributed by atoms with Crippen LogP contribution in [0.3, 0.4) is 0 Å². The fourth-order valence-corrected chi connectivity index (χ4v) is 2.65. The third-order valence-electron chi connectivity index (χ3n) is 2.38. The van der Waals surface area contributed by atoms with Crippen molar-refractivity contribution in [1.29, 1.82) is 0 Å². The molecule has 0 spiro atoms. The molecular weight excluding hydrogens is 328 g/mol. The van der Waals surface area contributed by atoms with Gasteiger partial charge in [-0.3, -0.25) is 4.79 Å². The van der Waals surface area contributed by atoms with Crippen molar-refractivity contribution in [3.05, 3.63) is 49.8 Å². The van der Waals surface area contributed by atoms with E-state index in [9.17, 15) is 4.79 Å². The molecule has 0 aromatic carbocycles. The number of anilines is 1. The summed E-state index contributed by atoms with van der Waals surface area (Å²) in [6.07, 6.45) is 3.25. The van der Waals surface area contributed by atoms with Gasteiger partial charge < -0.3 is 5.32 Å². The Morgan fingerprint density at radius 1 is 1.63 bits per heavy atom. The van der Waals surface area contributed by atoms with Gasteiger partial charge in [0.2, 0.25) is 0 Å². The van der Waals surface area contributed by atoms with Crippen LogP contribution in [0.1, 0.15) is 10.7 Å². The predicted octanol–water partition coefficient (Wildman–Crippen LogP) is 2.57. The van der Waals surface area contributed by atoms with Gasteiger partial charge in [0, 0.05) is 11.1 Å². The SMILES string of the molecule is C=CCn1ncc(NCc2nc(C)cs2)c(Br)c1=O. The van der Waals surface area contributed by atoms with Crippen molar-refractivity contribution in [2.24, 2.45) is 0 Å². The number of hydrogen-bond acceptors (Lipinski definition) is 5. The van der Waals surface area contributed by atoms with Crippen LogP contribution in [-0.4, -0.2) is 14.8 Å². The van der Waals surface area contributed by atoms with Crippen LogP contribution in [0.2, 0.25) is 0 Å². The van der Waals surface area contributed by atoms with Gasteiger partial charge in [0.05, 0.1) is 25.0 Å². The van der Waals surface area contributed by atoms with Gasteiger partial charge in [0.1, 0.15) is 9.48 Å². The Balaban J connectivity index is 2.15. The second-order valence-electron chi connectivity index (χ2n) is 3.88. The molecule has 0 radical (unpaired) electrons. The van der Waals surface area contributed by atoms with E-state index in [0.717, 1.165) is 10.7 Å². The third-order valence-corrected chi connectivity index (χ3v) is 4.12. The van der Waals surface area contributed by atoms with Crippen molar-refractivity contribution in [3.63, 3.8) is 0 Å². The molecule has 0 bridgehead atoms. The van der Waals surface area contributed by atoms with Gasteiger partial charge in [0.15, 0.2) is 0 Å². The molecule has 1 N–H and O–H groups in total. The Bertz CT molecular complexity index is 649. The van der Waals surface area contributed by atoms with E-state index in [1.807, 2.05) is 12.3 Å². The van der Waals surface area contributed by atoms with Crippen LogP contribution in [-0.2, 0) is 13.1 Å². The molecule has 0 saturated heterocycles. The summed E-state index contributed by atoms with van der Waals surface area (Å²) >= 11 is 4.88. The molecule has 7 heteroatoms. The molecule has 0 fully saturated rings. The zero-order valence-electron chi connectivity index (χ0n) is 10.4. The van der Waals surface area contributed by atoms with Gasteiger partial charge in [-0.15, -0.1) is 17.9 Å². The summed E-state index contributed by atoms with van der Waals surface area (Å²) in [5, 5.41) is 10.2. The zero-order valence-corrected chi connectivity index (χ0v) is 12.8. The quantitative estimate of drug-likeness (QED) is 0.850. The van der Waals surface area contributed by atoms with Crippen LogP contribution >= 0.6 is 27.3 Å². The topological polar surface area (TPSA) is 59.8 Å². The van der Waals surface area contributed by atoms with Gasteiger partial charge in [-0.25, -0.2) is 9.67 Å². The highest BCUT2D eigenvalue weighted by molar-refractivity contribution is 9.10. The average molecular weight is 341 g/mol. The molecule has 0 unspecified atom stereocenters. The maximum atomic E-state index is 11.9. The number of nitrogens with zero attached hydrogens (tertiary/aromatic N) is 3. The van der Waals surface area contributed by atoms with Gasteiger partial charge in [0.25, 0.3) is 5.56 Å². The van der Waals surface area contributed by atoms with Crippen LogP contribution in [0.25, 0.3) is 0 Å². The van der Waals surface area contributed by atoms with Crippen LogP contribution in [0.15, 0.2) is 33.5 Å². The minimum absolute atomic E-state index is 0.180. The lowest BCUT2D eigenvalue weighted by molar-refractivity contribution is 0.649. The highest BCUT2D eigenvalue weighted by Gasteiger charge is 2.08. The van der Waals surface area contributed by atoms with E-state index in [4.69, 9.17) is 0 Å². The van der Waals surface area contributed by atoms with Crippen LogP contribution in [0.5, 0.6) is 0 Å². The number of nitrogens with one attached hydrogen (secondary N) is 1. The lowest BCUT2D eigenvalue weighted by Crippen LogP contribution is -2.23. The number of aryl methyl sites for hydroxylation is 1. The molecule has 19 heavy (non-hydrogen) atoms. The Labute approximate surface area is 123 Å². The normalized spacial score (nSPS) is 10.4. The molecule has 0 atom stereocenters. The van der Waals surface area contributed by atoms with E-state index in [-0.39, 0.29) is 5.56 Å². The summed E-state index contributed by atoms with van der Waals surface area (Å²) in [4.78, 5) is 16.3. The summed E-state index contributed by atoms with van der Waals surface area (Å²) in [6.45, 7) is 6.51. The standard InChI is InChI=1S/C12H13BrN4OS/c1-3-4-17-12(18)11(13)9(5-15-17)14-6-10-16-8(2)7-19-10/h3,5,7,14H,1,4,6H2,2H3. The molecule has 0 aliphatic rings. The fourth-order valence-electron chi connectivity index (χ4n) is 1.50. The highest BCUT2D eigenvalue weighted by Crippen LogP contribution is 2.18. The summed E-state index contributed by atoms with van der Waals surface area (Å²) in [7, 11) is 0. The van der Waals surface area contributed by atoms with E-state index >= 15 is 0 Å². The first-order valence-electron chi connectivity index (χ1n) is 5.63. The van der Waals surface area contributed by atoms with Crippen LogP contribution < -0.4 is 10.9 Å². The predicted molar refractivity (Wildman–Crippen MR) is 80.6 cm³/mol. The Hall–Kier alpha value is -1.47. The Kier molecular flexibility index (Phi) is 4.49. The lowest BCUT2D eigenvalue weighted by atomic mass is 10.4. The molecule has 2 heterocycles. The first-order chi connectivity index (χ1) is 9.11.